The van der Waals surface area contributed by atoms with E-state index in [1.165, 1.54) is 0 Å². The molecule has 2 atom stereocenters. The first-order valence-electron chi connectivity index (χ1n) is 4.21. The van der Waals surface area contributed by atoms with Crippen LogP contribution < -0.4 is 0 Å². The second-order valence-electron chi connectivity index (χ2n) is 2.85. The molecule has 0 aromatic rings. The second-order valence-corrected chi connectivity index (χ2v) is 2.85. The minimum absolute atomic E-state index is 0.0626. The van der Waals surface area contributed by atoms with Gasteiger partial charge in [0.1, 0.15) is 0 Å². The third-order valence-corrected chi connectivity index (χ3v) is 1.86. The Morgan fingerprint density at radius 3 is 3.00 bits per heavy atom. The SMILES string of the molecule is CC1OCCC(CCCO)O1. The average molecular weight is 160 g/mol. The van der Waals surface area contributed by atoms with Crippen LogP contribution in [-0.4, -0.2) is 30.7 Å². The zero-order chi connectivity index (χ0) is 8.10. The predicted molar refractivity (Wildman–Crippen MR) is 41.2 cm³/mol. The summed E-state index contributed by atoms with van der Waals surface area (Å²) in [6, 6.07) is 0. The molecule has 0 spiro atoms. The molecule has 0 bridgehead atoms. The highest BCUT2D eigenvalue weighted by atomic mass is 16.7. The maximum Gasteiger partial charge on any atom is 0.155 e. The maximum absolute atomic E-state index is 8.58. The summed E-state index contributed by atoms with van der Waals surface area (Å²) in [6.45, 7) is 2.96. The summed E-state index contributed by atoms with van der Waals surface area (Å²) in [4.78, 5) is 0. The molecule has 2 unspecified atom stereocenters. The Labute approximate surface area is 67.3 Å². The van der Waals surface area contributed by atoms with Crippen molar-refractivity contribution in [1.29, 1.82) is 0 Å². The van der Waals surface area contributed by atoms with Gasteiger partial charge in [-0.05, 0) is 26.2 Å². The zero-order valence-electron chi connectivity index (χ0n) is 6.95. The quantitative estimate of drug-likeness (QED) is 0.667. The first-order chi connectivity index (χ1) is 5.33. The van der Waals surface area contributed by atoms with Crippen LogP contribution in [0.3, 0.4) is 0 Å². The van der Waals surface area contributed by atoms with Crippen molar-refractivity contribution in [3.05, 3.63) is 0 Å². The van der Waals surface area contributed by atoms with Crippen molar-refractivity contribution in [3.63, 3.8) is 0 Å². The molecule has 1 aliphatic rings. The topological polar surface area (TPSA) is 38.7 Å². The number of ether oxygens (including phenoxy) is 2. The molecule has 0 aliphatic carbocycles. The monoisotopic (exact) mass is 160 g/mol. The summed E-state index contributed by atoms with van der Waals surface area (Å²) in [7, 11) is 0. The minimum atomic E-state index is -0.0626. The Kier molecular flexibility index (Phi) is 3.83. The van der Waals surface area contributed by atoms with E-state index in [1.807, 2.05) is 6.92 Å². The molecule has 0 amide bonds. The minimum Gasteiger partial charge on any atom is -0.396 e. The Morgan fingerprint density at radius 1 is 1.55 bits per heavy atom. The lowest BCUT2D eigenvalue weighted by Gasteiger charge is -2.27. The fourth-order valence-electron chi connectivity index (χ4n) is 1.28. The molecule has 1 rings (SSSR count). The van der Waals surface area contributed by atoms with Crippen molar-refractivity contribution < 1.29 is 14.6 Å². The first kappa shape index (κ1) is 8.97. The van der Waals surface area contributed by atoms with E-state index < -0.39 is 0 Å². The van der Waals surface area contributed by atoms with E-state index >= 15 is 0 Å². The molecule has 0 aromatic carbocycles. The van der Waals surface area contributed by atoms with Crippen molar-refractivity contribution in [2.75, 3.05) is 13.2 Å². The van der Waals surface area contributed by atoms with Gasteiger partial charge in [-0.15, -0.1) is 0 Å². The molecule has 1 saturated heterocycles. The van der Waals surface area contributed by atoms with Gasteiger partial charge in [-0.1, -0.05) is 0 Å². The largest absolute Gasteiger partial charge is 0.396 e. The molecule has 1 N–H and O–H groups in total. The Hall–Kier alpha value is -0.120. The predicted octanol–water partition coefficient (Wildman–Crippen LogP) is 0.910. The molecule has 3 nitrogen and oxygen atoms in total. The molecule has 1 aliphatic heterocycles. The molecule has 3 heteroatoms. The van der Waals surface area contributed by atoms with E-state index in [4.69, 9.17) is 14.6 Å². The summed E-state index contributed by atoms with van der Waals surface area (Å²) in [5.74, 6) is 0. The lowest BCUT2D eigenvalue weighted by atomic mass is 10.1. The summed E-state index contributed by atoms with van der Waals surface area (Å²) in [5.41, 5.74) is 0. The van der Waals surface area contributed by atoms with Crippen LogP contribution in [0.15, 0.2) is 0 Å². The molecule has 0 saturated carbocycles. The van der Waals surface area contributed by atoms with Crippen LogP contribution in [0.4, 0.5) is 0 Å². The molecule has 0 aromatic heterocycles. The van der Waals surface area contributed by atoms with Gasteiger partial charge >= 0.3 is 0 Å². The number of hydrogen-bond acceptors (Lipinski definition) is 3. The van der Waals surface area contributed by atoms with Crippen LogP contribution in [0, 0.1) is 0 Å². The molecule has 1 fully saturated rings. The van der Waals surface area contributed by atoms with E-state index in [-0.39, 0.29) is 12.9 Å². The molecular formula is C8H16O3. The van der Waals surface area contributed by atoms with Gasteiger partial charge in [-0.3, -0.25) is 0 Å². The van der Waals surface area contributed by atoms with Gasteiger partial charge < -0.3 is 14.6 Å². The van der Waals surface area contributed by atoms with Crippen LogP contribution in [0.25, 0.3) is 0 Å². The van der Waals surface area contributed by atoms with Crippen molar-refractivity contribution in [3.8, 4) is 0 Å². The number of aliphatic hydroxyl groups is 1. The van der Waals surface area contributed by atoms with Crippen LogP contribution in [0.2, 0.25) is 0 Å². The van der Waals surface area contributed by atoms with Gasteiger partial charge in [0.15, 0.2) is 6.29 Å². The summed E-state index contributed by atoms with van der Waals surface area (Å²) < 4.78 is 10.7. The molecule has 11 heavy (non-hydrogen) atoms. The summed E-state index contributed by atoms with van der Waals surface area (Å²) in [5, 5.41) is 8.58. The van der Waals surface area contributed by atoms with Gasteiger partial charge in [-0.2, -0.15) is 0 Å². The number of rotatable bonds is 3. The fourth-order valence-corrected chi connectivity index (χ4v) is 1.28. The molecular weight excluding hydrogens is 144 g/mol. The first-order valence-corrected chi connectivity index (χ1v) is 4.21. The highest BCUT2D eigenvalue weighted by Gasteiger charge is 2.18. The third-order valence-electron chi connectivity index (χ3n) is 1.86. The van der Waals surface area contributed by atoms with Crippen molar-refractivity contribution >= 4 is 0 Å². The lowest BCUT2D eigenvalue weighted by Crippen LogP contribution is -2.30. The smallest absolute Gasteiger partial charge is 0.155 e. The lowest BCUT2D eigenvalue weighted by molar-refractivity contribution is -0.204. The highest BCUT2D eigenvalue weighted by molar-refractivity contribution is 4.62. The van der Waals surface area contributed by atoms with Gasteiger partial charge in [0.2, 0.25) is 0 Å². The standard InChI is InChI=1S/C8H16O3/c1-7-10-6-4-8(11-7)3-2-5-9/h7-9H,2-6H2,1H3. The third kappa shape index (κ3) is 3.18. The van der Waals surface area contributed by atoms with Crippen molar-refractivity contribution in [1.82, 2.24) is 0 Å². The van der Waals surface area contributed by atoms with E-state index in [1.54, 1.807) is 0 Å². The van der Waals surface area contributed by atoms with Crippen LogP contribution >= 0.6 is 0 Å². The normalized spacial score (nSPS) is 32.2. The van der Waals surface area contributed by atoms with E-state index in [2.05, 4.69) is 0 Å². The highest BCUT2D eigenvalue weighted by Crippen LogP contribution is 2.15. The fraction of sp³-hybridized carbons (Fsp3) is 1.00. The van der Waals surface area contributed by atoms with Crippen LogP contribution in [0.1, 0.15) is 26.2 Å². The Balaban J connectivity index is 2.12. The zero-order valence-corrected chi connectivity index (χ0v) is 6.95. The van der Waals surface area contributed by atoms with E-state index in [0.29, 0.717) is 6.10 Å². The van der Waals surface area contributed by atoms with Crippen LogP contribution in [-0.2, 0) is 9.47 Å². The van der Waals surface area contributed by atoms with Gasteiger partial charge in [0, 0.05) is 6.61 Å². The van der Waals surface area contributed by atoms with Crippen LogP contribution in [0.5, 0.6) is 0 Å². The van der Waals surface area contributed by atoms with E-state index in [9.17, 15) is 0 Å². The van der Waals surface area contributed by atoms with Gasteiger partial charge in [-0.25, -0.2) is 0 Å². The van der Waals surface area contributed by atoms with E-state index in [0.717, 1.165) is 25.9 Å². The summed E-state index contributed by atoms with van der Waals surface area (Å²) >= 11 is 0. The summed E-state index contributed by atoms with van der Waals surface area (Å²) in [6.07, 6.45) is 2.98. The Bertz CT molecular complexity index is 106. The number of hydrogen-bond donors (Lipinski definition) is 1. The van der Waals surface area contributed by atoms with Crippen molar-refractivity contribution in [2.45, 2.75) is 38.6 Å². The molecule has 66 valence electrons. The molecule has 0 radical (unpaired) electrons. The molecule has 1 heterocycles. The second kappa shape index (κ2) is 4.70. The van der Waals surface area contributed by atoms with Gasteiger partial charge in [0.05, 0.1) is 12.7 Å². The Morgan fingerprint density at radius 2 is 2.36 bits per heavy atom. The number of aliphatic hydroxyl groups excluding tert-OH is 1. The van der Waals surface area contributed by atoms with Gasteiger partial charge in [0.25, 0.3) is 0 Å². The average Bonchev–Trinajstić information content (AvgIpc) is 2.01. The van der Waals surface area contributed by atoms with Crippen molar-refractivity contribution in [2.24, 2.45) is 0 Å². The maximum atomic E-state index is 8.58.